The van der Waals surface area contributed by atoms with E-state index < -0.39 is 0 Å². The van der Waals surface area contributed by atoms with E-state index in [9.17, 15) is 0 Å². The van der Waals surface area contributed by atoms with E-state index in [0.29, 0.717) is 0 Å². The highest BCUT2D eigenvalue weighted by Gasteiger charge is 2.25. The van der Waals surface area contributed by atoms with Gasteiger partial charge in [-0.2, -0.15) is 0 Å². The summed E-state index contributed by atoms with van der Waals surface area (Å²) in [7, 11) is -0.210. The molecule has 0 aliphatic carbocycles. The van der Waals surface area contributed by atoms with Crippen LogP contribution in [0.2, 0.25) is 0 Å². The van der Waals surface area contributed by atoms with E-state index in [1.54, 1.807) is 0 Å². The lowest BCUT2D eigenvalue weighted by Gasteiger charge is -2.21. The van der Waals surface area contributed by atoms with E-state index in [0.717, 1.165) is 30.7 Å². The summed E-state index contributed by atoms with van der Waals surface area (Å²) in [6, 6.07) is 8.02. The Balaban J connectivity index is 2.24. The van der Waals surface area contributed by atoms with Crippen LogP contribution in [0.15, 0.2) is 30.8 Å². The minimum Gasteiger partial charge on any atom is -0.407 e. The summed E-state index contributed by atoms with van der Waals surface area (Å²) < 4.78 is 11.1. The van der Waals surface area contributed by atoms with Crippen molar-refractivity contribution in [2.75, 3.05) is 13.2 Å². The molecule has 2 nitrogen and oxygen atoms in total. The highest BCUT2D eigenvalue weighted by Crippen LogP contribution is 2.06. The second-order valence-electron chi connectivity index (χ2n) is 3.26. The molecule has 1 fully saturated rings. The maximum atomic E-state index is 5.54. The molecule has 1 aromatic rings. The van der Waals surface area contributed by atoms with Crippen molar-refractivity contribution in [3.05, 3.63) is 36.4 Å². The molecule has 0 unspecified atom stereocenters. The van der Waals surface area contributed by atoms with Gasteiger partial charge in [0.1, 0.15) is 0 Å². The van der Waals surface area contributed by atoms with Crippen molar-refractivity contribution < 1.29 is 9.31 Å². The second kappa shape index (κ2) is 4.44. The molecule has 1 aliphatic heterocycles. The molecule has 2 rings (SSSR count). The first-order valence-corrected chi connectivity index (χ1v) is 4.86. The van der Waals surface area contributed by atoms with Gasteiger partial charge in [0.05, 0.1) is 0 Å². The summed E-state index contributed by atoms with van der Waals surface area (Å²) in [5.41, 5.74) is 2.15. The first-order chi connectivity index (χ1) is 6.92. The van der Waals surface area contributed by atoms with Crippen molar-refractivity contribution in [2.45, 2.75) is 6.42 Å². The quantitative estimate of drug-likeness (QED) is 0.654. The van der Waals surface area contributed by atoms with Crippen molar-refractivity contribution >= 4 is 18.7 Å². The second-order valence-corrected chi connectivity index (χ2v) is 3.26. The van der Waals surface area contributed by atoms with Crippen LogP contribution in [-0.2, 0) is 9.31 Å². The van der Waals surface area contributed by atoms with Gasteiger partial charge in [-0.3, -0.25) is 0 Å². The molecule has 14 heavy (non-hydrogen) atoms. The Kier molecular flexibility index (Phi) is 3.01. The number of hydrogen-bond acceptors (Lipinski definition) is 2. The molecule has 0 atom stereocenters. The van der Waals surface area contributed by atoms with Gasteiger partial charge in [-0.25, -0.2) is 0 Å². The molecule has 0 N–H and O–H groups in total. The topological polar surface area (TPSA) is 18.5 Å². The molecule has 1 aromatic carbocycles. The average Bonchev–Trinajstić information content (AvgIpc) is 2.30. The largest absolute Gasteiger partial charge is 0.494 e. The molecule has 0 amide bonds. The predicted molar refractivity (Wildman–Crippen MR) is 58.4 cm³/mol. The first-order valence-electron chi connectivity index (χ1n) is 4.86. The van der Waals surface area contributed by atoms with Gasteiger partial charge >= 0.3 is 7.12 Å². The van der Waals surface area contributed by atoms with Crippen LogP contribution < -0.4 is 5.46 Å². The van der Waals surface area contributed by atoms with Gasteiger partial charge in [0.15, 0.2) is 0 Å². The number of rotatable bonds is 2. The van der Waals surface area contributed by atoms with Gasteiger partial charge in [0.25, 0.3) is 0 Å². The third-order valence-electron chi connectivity index (χ3n) is 2.30. The van der Waals surface area contributed by atoms with Crippen molar-refractivity contribution in [1.29, 1.82) is 0 Å². The fourth-order valence-electron chi connectivity index (χ4n) is 1.58. The molecule has 1 aliphatic rings. The zero-order valence-corrected chi connectivity index (χ0v) is 8.11. The Morgan fingerprint density at radius 3 is 2.64 bits per heavy atom. The van der Waals surface area contributed by atoms with Crippen molar-refractivity contribution in [3.8, 4) is 0 Å². The van der Waals surface area contributed by atoms with Crippen molar-refractivity contribution in [1.82, 2.24) is 0 Å². The molecule has 3 heteroatoms. The summed E-state index contributed by atoms with van der Waals surface area (Å²) in [5.74, 6) is 0. The summed E-state index contributed by atoms with van der Waals surface area (Å²) in [6.07, 6.45) is 2.81. The predicted octanol–water partition coefficient (Wildman–Crippen LogP) is 1.46. The Morgan fingerprint density at radius 2 is 1.93 bits per heavy atom. The summed E-state index contributed by atoms with van der Waals surface area (Å²) >= 11 is 0. The normalized spacial score (nSPS) is 16.7. The smallest absolute Gasteiger partial charge is 0.407 e. The number of hydrogen-bond donors (Lipinski definition) is 0. The molecule has 1 saturated heterocycles. The maximum absolute atomic E-state index is 5.54. The minimum atomic E-state index is -0.210. The van der Waals surface area contributed by atoms with E-state index in [4.69, 9.17) is 9.31 Å². The molecule has 72 valence electrons. The lowest BCUT2D eigenvalue weighted by molar-refractivity contribution is 0.143. The van der Waals surface area contributed by atoms with Gasteiger partial charge in [-0.15, -0.1) is 0 Å². The van der Waals surface area contributed by atoms with E-state index in [1.165, 1.54) is 0 Å². The van der Waals surface area contributed by atoms with Crippen molar-refractivity contribution in [3.63, 3.8) is 0 Å². The molecule has 0 spiro atoms. The Labute approximate surface area is 84.7 Å². The van der Waals surface area contributed by atoms with Crippen LogP contribution in [0.5, 0.6) is 0 Å². The fourth-order valence-corrected chi connectivity index (χ4v) is 1.58. The van der Waals surface area contributed by atoms with Crippen LogP contribution in [0.25, 0.3) is 6.08 Å². The standard InChI is InChI=1S/C11H13BO2/c1-2-10-6-3-4-7-11(10)12-13-8-5-9-14-12/h2-4,6-7H,1,5,8-9H2. The van der Waals surface area contributed by atoms with E-state index in [-0.39, 0.29) is 7.12 Å². The third-order valence-corrected chi connectivity index (χ3v) is 2.30. The lowest BCUT2D eigenvalue weighted by Crippen LogP contribution is -2.42. The first kappa shape index (κ1) is 9.50. The molecule has 0 radical (unpaired) electrons. The summed E-state index contributed by atoms with van der Waals surface area (Å²) in [6.45, 7) is 5.32. The third kappa shape index (κ3) is 1.89. The van der Waals surface area contributed by atoms with Crippen LogP contribution in [-0.4, -0.2) is 20.3 Å². The van der Waals surface area contributed by atoms with Crippen LogP contribution >= 0.6 is 0 Å². The van der Waals surface area contributed by atoms with Crippen LogP contribution in [0.1, 0.15) is 12.0 Å². The van der Waals surface area contributed by atoms with E-state index in [1.807, 2.05) is 30.3 Å². The molecule has 0 bridgehead atoms. The zero-order valence-electron chi connectivity index (χ0n) is 8.11. The SMILES string of the molecule is C=Cc1ccccc1B1OCCCO1. The fraction of sp³-hybridized carbons (Fsp3) is 0.273. The molecule has 0 aromatic heterocycles. The molecular formula is C11H13BO2. The van der Waals surface area contributed by atoms with Crippen LogP contribution in [0.3, 0.4) is 0 Å². The highest BCUT2D eigenvalue weighted by molar-refractivity contribution is 6.62. The highest BCUT2D eigenvalue weighted by atomic mass is 16.6. The van der Waals surface area contributed by atoms with Crippen molar-refractivity contribution in [2.24, 2.45) is 0 Å². The molecule has 1 heterocycles. The van der Waals surface area contributed by atoms with Crippen LogP contribution in [0.4, 0.5) is 0 Å². The maximum Gasteiger partial charge on any atom is 0.494 e. The van der Waals surface area contributed by atoms with Gasteiger partial charge in [-0.05, 0) is 17.4 Å². The minimum absolute atomic E-state index is 0.210. The van der Waals surface area contributed by atoms with Gasteiger partial charge in [0, 0.05) is 13.2 Å². The summed E-state index contributed by atoms with van der Waals surface area (Å²) in [5, 5.41) is 0. The summed E-state index contributed by atoms with van der Waals surface area (Å²) in [4.78, 5) is 0. The zero-order chi connectivity index (χ0) is 9.80. The van der Waals surface area contributed by atoms with Gasteiger partial charge in [0.2, 0.25) is 0 Å². The van der Waals surface area contributed by atoms with Crippen LogP contribution in [0, 0.1) is 0 Å². The van der Waals surface area contributed by atoms with E-state index >= 15 is 0 Å². The Hall–Kier alpha value is -1.06. The van der Waals surface area contributed by atoms with E-state index in [2.05, 4.69) is 6.58 Å². The monoisotopic (exact) mass is 188 g/mol. The van der Waals surface area contributed by atoms with Gasteiger partial charge < -0.3 is 9.31 Å². The molecule has 0 saturated carbocycles. The molecular weight excluding hydrogens is 175 g/mol. The lowest BCUT2D eigenvalue weighted by atomic mass is 9.75. The Morgan fingerprint density at radius 1 is 1.21 bits per heavy atom. The average molecular weight is 188 g/mol. The Bertz CT molecular complexity index is 319. The number of benzene rings is 1. The van der Waals surface area contributed by atoms with Gasteiger partial charge in [-0.1, -0.05) is 36.9 Å².